The number of nitrogens with two attached hydrogens (primary N) is 1. The summed E-state index contributed by atoms with van der Waals surface area (Å²) in [5.74, 6) is -0.826. The smallest absolute Gasteiger partial charge is 0.387 e. The first-order valence-corrected chi connectivity index (χ1v) is 11.0. The molecule has 0 amide bonds. The molecule has 1 saturated heterocycles. The van der Waals surface area contributed by atoms with Gasteiger partial charge in [0, 0.05) is 0 Å². The van der Waals surface area contributed by atoms with E-state index in [1.54, 1.807) is 0 Å². The normalized spacial score (nSPS) is 29.2. The Morgan fingerprint density at radius 3 is 2.57 bits per heavy atom. The van der Waals surface area contributed by atoms with E-state index in [-0.39, 0.29) is 17.0 Å². The lowest BCUT2D eigenvalue weighted by Gasteiger charge is -2.30. The summed E-state index contributed by atoms with van der Waals surface area (Å²) in [7, 11) is -10.6. The number of carbonyl (C=O) groups excluding carboxylic acids is 1. The topological polar surface area (TPSA) is 250 Å². The molecule has 3 heterocycles. The average molecular weight is 469 g/mol. The fourth-order valence-corrected chi connectivity index (χ4v) is 4.62. The van der Waals surface area contributed by atoms with Gasteiger partial charge in [-0.1, -0.05) is 0 Å². The number of fused-ring (bicyclic) bond motifs is 1. The van der Waals surface area contributed by atoms with Crippen LogP contribution in [0.2, 0.25) is 0 Å². The van der Waals surface area contributed by atoms with Gasteiger partial charge in [0.25, 0.3) is 0 Å². The van der Waals surface area contributed by atoms with Gasteiger partial charge in [0.15, 0.2) is 17.2 Å². The Hall–Kier alpha value is -1.84. The molecular weight excluding hydrogens is 452 g/mol. The van der Waals surface area contributed by atoms with Gasteiger partial charge in [0.05, 0.1) is 6.61 Å². The van der Waals surface area contributed by atoms with Gasteiger partial charge in [-0.05, 0) is 6.92 Å². The second-order valence-corrected chi connectivity index (χ2v) is 9.06. The highest BCUT2D eigenvalue weighted by Crippen LogP contribution is 2.57. The van der Waals surface area contributed by atoms with Crippen molar-refractivity contribution in [3.63, 3.8) is 0 Å². The first-order valence-electron chi connectivity index (χ1n) is 8.01. The van der Waals surface area contributed by atoms with Crippen molar-refractivity contribution in [1.82, 2.24) is 19.5 Å². The number of rotatable bonds is 7. The molecule has 2 aromatic rings. The van der Waals surface area contributed by atoms with E-state index in [0.29, 0.717) is 0 Å². The monoisotopic (exact) mass is 469 g/mol. The number of aliphatic hydroxyl groups is 2. The van der Waals surface area contributed by atoms with E-state index in [9.17, 15) is 29.0 Å². The summed E-state index contributed by atoms with van der Waals surface area (Å²) in [6.45, 7) is 0.0637. The molecule has 30 heavy (non-hydrogen) atoms. The number of phosphoric acid groups is 2. The third kappa shape index (κ3) is 4.02. The minimum Gasteiger partial charge on any atom is -0.387 e. The number of carbonyl (C=O) groups is 1. The number of aromatic nitrogens is 4. The number of hydrogen-bond acceptors (Lipinski definition) is 12. The van der Waals surface area contributed by atoms with Gasteiger partial charge >= 0.3 is 15.6 Å². The van der Waals surface area contributed by atoms with Gasteiger partial charge in [-0.25, -0.2) is 24.1 Å². The van der Waals surface area contributed by atoms with Crippen molar-refractivity contribution in [2.24, 2.45) is 0 Å². The van der Waals surface area contributed by atoms with Gasteiger partial charge in [0.1, 0.15) is 36.5 Å². The molecule has 1 aliphatic rings. The van der Waals surface area contributed by atoms with Crippen LogP contribution in [0.4, 0.5) is 5.82 Å². The minimum absolute atomic E-state index is 0.0109. The number of nitrogen functional groups attached to an aromatic ring is 1. The van der Waals surface area contributed by atoms with E-state index in [1.807, 2.05) is 0 Å². The molecule has 1 aliphatic heterocycles. The number of Topliss-reactive ketones (excluding diaryl/α,β-unsaturated/α-hetero) is 1. The van der Waals surface area contributed by atoms with E-state index in [2.05, 4.69) is 23.8 Å². The number of aliphatic hydroxyl groups excluding tert-OH is 2. The van der Waals surface area contributed by atoms with Crippen LogP contribution in [-0.4, -0.2) is 75.1 Å². The highest BCUT2D eigenvalue weighted by molar-refractivity contribution is 7.60. The molecule has 0 bridgehead atoms. The van der Waals surface area contributed by atoms with Crippen LogP contribution in [0.1, 0.15) is 6.92 Å². The standard InChI is InChI=1S/C12H17N5O11P2/c1-5(18)12(17-4-16-7-10(13)14-3-15-11(7)17)9(20)8(19)6(27-12)2-26-30(24,25)28-29(21,22)23/h3-4,6,8-9,19-20H,2H2,1H3,(H,24,25)(H2,13,14,15)(H2,21,22,23)/t6-,8-,9-,12-/m1/s1. The van der Waals surface area contributed by atoms with Gasteiger partial charge in [-0.2, -0.15) is 4.31 Å². The van der Waals surface area contributed by atoms with Crippen LogP contribution in [0.25, 0.3) is 11.2 Å². The summed E-state index contributed by atoms with van der Waals surface area (Å²) >= 11 is 0. The minimum atomic E-state index is -5.37. The number of ether oxygens (including phenoxy) is 1. The number of nitrogens with zero attached hydrogens (tertiary/aromatic N) is 4. The quantitative estimate of drug-likeness (QED) is 0.240. The van der Waals surface area contributed by atoms with E-state index >= 15 is 0 Å². The van der Waals surface area contributed by atoms with Crippen LogP contribution in [0.3, 0.4) is 0 Å². The Morgan fingerprint density at radius 2 is 1.97 bits per heavy atom. The second-order valence-electron chi connectivity index (χ2n) is 6.23. The van der Waals surface area contributed by atoms with Crippen LogP contribution >= 0.6 is 15.6 Å². The van der Waals surface area contributed by atoms with Crippen molar-refractivity contribution < 1.29 is 52.4 Å². The first-order chi connectivity index (χ1) is 13.8. The van der Waals surface area contributed by atoms with E-state index < -0.39 is 52.1 Å². The zero-order chi connectivity index (χ0) is 22.5. The third-order valence-corrected chi connectivity index (χ3v) is 6.42. The van der Waals surface area contributed by atoms with Crippen LogP contribution in [0.5, 0.6) is 0 Å². The molecule has 5 atom stereocenters. The molecule has 0 aliphatic carbocycles. The number of ketones is 1. The zero-order valence-electron chi connectivity index (χ0n) is 15.0. The van der Waals surface area contributed by atoms with Crippen LogP contribution < -0.4 is 5.73 Å². The Kier molecular flexibility index (Phi) is 5.85. The zero-order valence-corrected chi connectivity index (χ0v) is 16.8. The number of imidazole rings is 1. The Morgan fingerprint density at radius 1 is 1.30 bits per heavy atom. The molecule has 1 fully saturated rings. The molecule has 7 N–H and O–H groups in total. The molecule has 2 aromatic heterocycles. The summed E-state index contributed by atoms with van der Waals surface area (Å²) in [5, 5.41) is 20.9. The Labute approximate surface area is 167 Å². The maximum absolute atomic E-state index is 12.5. The SMILES string of the molecule is CC(=O)[C@@]1(n2cnc3c(N)ncnc32)O[C@H](COP(=O)(O)OP(=O)(O)O)[C@@H](O)[C@H]1O. The van der Waals surface area contributed by atoms with Crippen LogP contribution in [-0.2, 0) is 33.2 Å². The number of anilines is 1. The fourth-order valence-electron chi connectivity index (χ4n) is 3.02. The summed E-state index contributed by atoms with van der Waals surface area (Å²) in [5.41, 5.74) is 3.50. The average Bonchev–Trinajstić information content (AvgIpc) is 3.14. The van der Waals surface area contributed by atoms with Gasteiger partial charge in [-0.3, -0.25) is 13.9 Å². The highest BCUT2D eigenvalue weighted by Gasteiger charge is 2.60. The van der Waals surface area contributed by atoms with Crippen molar-refractivity contribution >= 4 is 38.4 Å². The van der Waals surface area contributed by atoms with E-state index in [1.165, 1.54) is 0 Å². The summed E-state index contributed by atoms with van der Waals surface area (Å²) in [4.78, 5) is 50.8. The lowest BCUT2D eigenvalue weighted by Crippen LogP contribution is -2.50. The molecule has 0 saturated carbocycles. The third-order valence-electron chi connectivity index (χ3n) is 4.27. The van der Waals surface area contributed by atoms with Crippen molar-refractivity contribution in [1.29, 1.82) is 0 Å². The summed E-state index contributed by atoms with van der Waals surface area (Å²) < 4.78 is 36.9. The first kappa shape index (κ1) is 22.8. The fraction of sp³-hybridized carbons (Fsp3) is 0.500. The molecule has 166 valence electrons. The van der Waals surface area contributed by atoms with Crippen molar-refractivity contribution in [2.45, 2.75) is 31.0 Å². The molecule has 1 unspecified atom stereocenters. The van der Waals surface area contributed by atoms with Gasteiger partial charge < -0.3 is 35.4 Å². The molecule has 0 aromatic carbocycles. The van der Waals surface area contributed by atoms with Gasteiger partial charge in [-0.15, -0.1) is 0 Å². The molecule has 18 heteroatoms. The largest absolute Gasteiger partial charge is 0.481 e. The molecule has 0 spiro atoms. The second kappa shape index (κ2) is 7.69. The molecule has 0 radical (unpaired) electrons. The van der Waals surface area contributed by atoms with E-state index in [0.717, 1.165) is 24.1 Å². The van der Waals surface area contributed by atoms with Gasteiger partial charge in [0.2, 0.25) is 5.72 Å². The summed E-state index contributed by atoms with van der Waals surface area (Å²) in [6.07, 6.45) is -3.20. The predicted molar refractivity (Wildman–Crippen MR) is 94.2 cm³/mol. The highest BCUT2D eigenvalue weighted by atomic mass is 31.3. The number of hydrogen-bond donors (Lipinski definition) is 6. The lowest BCUT2D eigenvalue weighted by atomic mass is 9.99. The Bertz CT molecular complexity index is 1070. The lowest BCUT2D eigenvalue weighted by molar-refractivity contribution is -0.171. The molecule has 16 nitrogen and oxygen atoms in total. The van der Waals surface area contributed by atoms with Crippen LogP contribution in [0, 0.1) is 0 Å². The van der Waals surface area contributed by atoms with Crippen molar-refractivity contribution in [3.8, 4) is 0 Å². The van der Waals surface area contributed by atoms with Crippen molar-refractivity contribution in [2.75, 3.05) is 12.3 Å². The predicted octanol–water partition coefficient (Wildman–Crippen LogP) is -2.00. The molecular formula is C12H17N5O11P2. The van der Waals surface area contributed by atoms with Crippen LogP contribution in [0.15, 0.2) is 12.7 Å². The van der Waals surface area contributed by atoms with E-state index in [4.69, 9.17) is 20.3 Å². The Balaban J connectivity index is 1.94. The van der Waals surface area contributed by atoms with Crippen molar-refractivity contribution in [3.05, 3.63) is 12.7 Å². The molecule has 3 rings (SSSR count). The number of phosphoric ester groups is 1. The maximum Gasteiger partial charge on any atom is 0.481 e. The maximum atomic E-state index is 12.5. The summed E-state index contributed by atoms with van der Waals surface area (Å²) in [6, 6.07) is 0.